The molecule has 0 aliphatic carbocycles. The quantitative estimate of drug-likeness (QED) is 0.799. The van der Waals surface area contributed by atoms with Crippen LogP contribution >= 0.6 is 0 Å². The number of hydrogen-bond acceptors (Lipinski definition) is 4. The van der Waals surface area contributed by atoms with Gasteiger partial charge in [-0.05, 0) is 25.1 Å². The van der Waals surface area contributed by atoms with Crippen molar-refractivity contribution in [3.8, 4) is 11.6 Å². The molecule has 0 spiro atoms. The number of amides is 1. The average molecular weight is 312 g/mol. The smallest absolute Gasteiger partial charge is 0.244 e. The highest BCUT2D eigenvalue weighted by atomic mass is 16.5. The fourth-order valence-electron chi connectivity index (χ4n) is 2.04. The van der Waals surface area contributed by atoms with Gasteiger partial charge in [-0.1, -0.05) is 24.3 Å². The molecule has 0 bridgehead atoms. The van der Waals surface area contributed by atoms with Crippen LogP contribution in [0.5, 0.6) is 11.6 Å². The van der Waals surface area contributed by atoms with E-state index in [1.807, 2.05) is 43.3 Å². The summed E-state index contributed by atoms with van der Waals surface area (Å²) >= 11 is 0. The summed E-state index contributed by atoms with van der Waals surface area (Å²) < 4.78 is 10.7. The van der Waals surface area contributed by atoms with Crippen LogP contribution in [-0.4, -0.2) is 24.6 Å². The Kier molecular flexibility index (Phi) is 6.17. The van der Waals surface area contributed by atoms with Crippen molar-refractivity contribution in [1.29, 1.82) is 0 Å². The SMILES string of the molecule is CCOc1ncccc1CNC(=O)/C=C/c1ccccc1OC. The van der Waals surface area contributed by atoms with Crippen molar-refractivity contribution in [2.24, 2.45) is 0 Å². The number of carbonyl (C=O) groups excluding carboxylic acids is 1. The molecule has 1 N–H and O–H groups in total. The van der Waals surface area contributed by atoms with Gasteiger partial charge in [0.2, 0.25) is 11.8 Å². The lowest BCUT2D eigenvalue weighted by molar-refractivity contribution is -0.116. The lowest BCUT2D eigenvalue weighted by Crippen LogP contribution is -2.20. The lowest BCUT2D eigenvalue weighted by Gasteiger charge is -2.08. The molecule has 0 aliphatic heterocycles. The van der Waals surface area contributed by atoms with Gasteiger partial charge in [-0.3, -0.25) is 4.79 Å². The van der Waals surface area contributed by atoms with Crippen molar-refractivity contribution in [2.75, 3.05) is 13.7 Å². The molecule has 1 heterocycles. The van der Waals surface area contributed by atoms with Crippen LogP contribution in [0.25, 0.3) is 6.08 Å². The van der Waals surface area contributed by atoms with Gasteiger partial charge in [0.05, 0.1) is 13.7 Å². The van der Waals surface area contributed by atoms with Crippen LogP contribution in [-0.2, 0) is 11.3 Å². The molecule has 0 unspecified atom stereocenters. The Bertz CT molecular complexity index is 683. The highest BCUT2D eigenvalue weighted by Crippen LogP contribution is 2.18. The molecule has 0 radical (unpaired) electrons. The fraction of sp³-hybridized carbons (Fsp3) is 0.222. The monoisotopic (exact) mass is 312 g/mol. The number of hydrogen-bond donors (Lipinski definition) is 1. The van der Waals surface area contributed by atoms with E-state index >= 15 is 0 Å². The van der Waals surface area contributed by atoms with Gasteiger partial charge in [0.15, 0.2) is 0 Å². The second kappa shape index (κ2) is 8.58. The van der Waals surface area contributed by atoms with Crippen LogP contribution in [0.3, 0.4) is 0 Å². The van der Waals surface area contributed by atoms with Gasteiger partial charge in [0.1, 0.15) is 5.75 Å². The molecule has 1 aromatic carbocycles. The Morgan fingerprint density at radius 1 is 1.26 bits per heavy atom. The summed E-state index contributed by atoms with van der Waals surface area (Å²) in [5, 5.41) is 2.82. The molecule has 0 saturated heterocycles. The number of para-hydroxylation sites is 1. The molecule has 2 rings (SSSR count). The number of rotatable bonds is 7. The van der Waals surface area contributed by atoms with E-state index in [0.29, 0.717) is 19.0 Å². The molecule has 120 valence electrons. The van der Waals surface area contributed by atoms with Gasteiger partial charge in [-0.15, -0.1) is 0 Å². The first-order valence-electron chi connectivity index (χ1n) is 7.40. The Morgan fingerprint density at radius 3 is 2.87 bits per heavy atom. The summed E-state index contributed by atoms with van der Waals surface area (Å²) in [4.78, 5) is 16.1. The molecule has 5 nitrogen and oxygen atoms in total. The van der Waals surface area contributed by atoms with E-state index in [0.717, 1.165) is 16.9 Å². The number of nitrogens with zero attached hydrogens (tertiary/aromatic N) is 1. The van der Waals surface area contributed by atoms with E-state index in [9.17, 15) is 4.79 Å². The molecule has 1 aromatic heterocycles. The van der Waals surface area contributed by atoms with E-state index in [2.05, 4.69) is 10.3 Å². The fourth-order valence-corrected chi connectivity index (χ4v) is 2.04. The van der Waals surface area contributed by atoms with Crippen LogP contribution < -0.4 is 14.8 Å². The molecular formula is C18H20N2O3. The van der Waals surface area contributed by atoms with Crippen LogP contribution in [0.1, 0.15) is 18.1 Å². The average Bonchev–Trinajstić information content (AvgIpc) is 2.59. The zero-order chi connectivity index (χ0) is 16.5. The van der Waals surface area contributed by atoms with Gasteiger partial charge in [0, 0.05) is 29.9 Å². The van der Waals surface area contributed by atoms with E-state index in [4.69, 9.17) is 9.47 Å². The number of benzene rings is 1. The number of pyridine rings is 1. The molecule has 1 amide bonds. The predicted molar refractivity (Wildman–Crippen MR) is 89.3 cm³/mol. The number of aromatic nitrogens is 1. The summed E-state index contributed by atoms with van der Waals surface area (Å²) in [5.41, 5.74) is 1.69. The first kappa shape index (κ1) is 16.5. The summed E-state index contributed by atoms with van der Waals surface area (Å²) in [6, 6.07) is 11.2. The minimum atomic E-state index is -0.192. The molecule has 5 heteroatoms. The maximum absolute atomic E-state index is 12.0. The van der Waals surface area contributed by atoms with Crippen LogP contribution in [0.15, 0.2) is 48.7 Å². The Labute approximate surface area is 136 Å². The van der Waals surface area contributed by atoms with E-state index < -0.39 is 0 Å². The van der Waals surface area contributed by atoms with Crippen LogP contribution in [0.4, 0.5) is 0 Å². The molecular weight excluding hydrogens is 292 g/mol. The summed E-state index contributed by atoms with van der Waals surface area (Å²) in [6.45, 7) is 2.79. The maximum Gasteiger partial charge on any atom is 0.244 e. The van der Waals surface area contributed by atoms with E-state index in [1.54, 1.807) is 19.4 Å². The molecule has 2 aromatic rings. The van der Waals surface area contributed by atoms with Gasteiger partial charge >= 0.3 is 0 Å². The molecule has 0 saturated carbocycles. The zero-order valence-corrected chi connectivity index (χ0v) is 13.3. The number of methoxy groups -OCH3 is 1. The molecule has 23 heavy (non-hydrogen) atoms. The Morgan fingerprint density at radius 2 is 2.09 bits per heavy atom. The van der Waals surface area contributed by atoms with Gasteiger partial charge in [0.25, 0.3) is 0 Å². The summed E-state index contributed by atoms with van der Waals surface area (Å²) in [6.07, 6.45) is 4.87. The summed E-state index contributed by atoms with van der Waals surface area (Å²) in [5.74, 6) is 1.08. The second-order valence-electron chi connectivity index (χ2n) is 4.69. The lowest BCUT2D eigenvalue weighted by atomic mass is 10.2. The van der Waals surface area contributed by atoms with Crippen molar-refractivity contribution in [1.82, 2.24) is 10.3 Å². The first-order valence-corrected chi connectivity index (χ1v) is 7.40. The van der Waals surface area contributed by atoms with Crippen molar-refractivity contribution in [2.45, 2.75) is 13.5 Å². The van der Waals surface area contributed by atoms with Gasteiger partial charge in [-0.2, -0.15) is 0 Å². The van der Waals surface area contributed by atoms with Crippen LogP contribution in [0, 0.1) is 0 Å². The number of carbonyl (C=O) groups is 1. The molecule has 0 aliphatic rings. The topological polar surface area (TPSA) is 60.5 Å². The number of ether oxygens (including phenoxy) is 2. The summed E-state index contributed by atoms with van der Waals surface area (Å²) in [7, 11) is 1.60. The second-order valence-corrected chi connectivity index (χ2v) is 4.69. The Balaban J connectivity index is 1.96. The number of nitrogens with one attached hydrogen (secondary N) is 1. The maximum atomic E-state index is 12.0. The van der Waals surface area contributed by atoms with E-state index in [1.165, 1.54) is 6.08 Å². The third kappa shape index (κ3) is 4.85. The standard InChI is InChI=1S/C18H20N2O3/c1-3-23-18-15(8-6-12-19-18)13-20-17(21)11-10-14-7-4-5-9-16(14)22-2/h4-12H,3,13H2,1-2H3,(H,20,21)/b11-10+. The van der Waals surface area contributed by atoms with Crippen LogP contribution in [0.2, 0.25) is 0 Å². The third-order valence-corrected chi connectivity index (χ3v) is 3.14. The predicted octanol–water partition coefficient (Wildman–Crippen LogP) is 2.82. The van der Waals surface area contributed by atoms with E-state index in [-0.39, 0.29) is 5.91 Å². The normalized spacial score (nSPS) is 10.5. The highest BCUT2D eigenvalue weighted by Gasteiger charge is 2.05. The van der Waals surface area contributed by atoms with Crippen molar-refractivity contribution in [3.05, 3.63) is 59.8 Å². The minimum absolute atomic E-state index is 0.192. The Hall–Kier alpha value is -2.82. The molecule has 0 fully saturated rings. The van der Waals surface area contributed by atoms with Crippen molar-refractivity contribution in [3.63, 3.8) is 0 Å². The first-order chi connectivity index (χ1) is 11.2. The zero-order valence-electron chi connectivity index (χ0n) is 13.3. The largest absolute Gasteiger partial charge is 0.496 e. The van der Waals surface area contributed by atoms with Gasteiger partial charge < -0.3 is 14.8 Å². The minimum Gasteiger partial charge on any atom is -0.496 e. The third-order valence-electron chi connectivity index (χ3n) is 3.14. The van der Waals surface area contributed by atoms with Gasteiger partial charge in [-0.25, -0.2) is 4.98 Å². The van der Waals surface area contributed by atoms with Crippen molar-refractivity contribution < 1.29 is 14.3 Å². The van der Waals surface area contributed by atoms with Crippen molar-refractivity contribution >= 4 is 12.0 Å². The highest BCUT2D eigenvalue weighted by molar-refractivity contribution is 5.92. The molecule has 0 atom stereocenters.